The fourth-order valence-corrected chi connectivity index (χ4v) is 5.68. The van der Waals surface area contributed by atoms with Gasteiger partial charge in [-0.25, -0.2) is 9.36 Å². The van der Waals surface area contributed by atoms with Crippen LogP contribution in [0.1, 0.15) is 121 Å². The molecule has 1 N–H and O–H groups in total. The molecule has 0 radical (unpaired) electrons. The molecule has 1 aliphatic rings. The number of amides is 1. The lowest BCUT2D eigenvalue weighted by molar-refractivity contribution is -0.127. The summed E-state index contributed by atoms with van der Waals surface area (Å²) in [4.78, 5) is 34.8. The minimum Gasteiger partial charge on any atom is -0.377 e. The summed E-state index contributed by atoms with van der Waals surface area (Å²) < 4.78 is 52.3. The minimum absolute atomic E-state index is 0.0420. The summed E-state index contributed by atoms with van der Waals surface area (Å²) in [5, 5.41) is 18.8. The van der Waals surface area contributed by atoms with Crippen LogP contribution in [0, 0.1) is 11.8 Å². The largest absolute Gasteiger partial charge is 0.377 e. The van der Waals surface area contributed by atoms with Crippen molar-refractivity contribution in [3.63, 3.8) is 0 Å². The summed E-state index contributed by atoms with van der Waals surface area (Å²) in [6.07, 6.45) is 6.83. The van der Waals surface area contributed by atoms with Crippen LogP contribution in [0.15, 0.2) is 12.4 Å². The average molecular weight is 928 g/mol. The summed E-state index contributed by atoms with van der Waals surface area (Å²) in [7, 11) is 0. The molecule has 2 atom stereocenters. The Kier molecular flexibility index (Phi) is 32.1. The molecule has 0 bridgehead atoms. The molecular formula is C46H85N7O12. The van der Waals surface area contributed by atoms with E-state index >= 15 is 0 Å². The van der Waals surface area contributed by atoms with Crippen LogP contribution in [0.25, 0.3) is 0 Å². The van der Waals surface area contributed by atoms with E-state index in [-0.39, 0.29) is 79.1 Å². The van der Waals surface area contributed by atoms with E-state index in [9.17, 15) is 14.4 Å². The Morgan fingerprint density at radius 3 is 1.75 bits per heavy atom. The molecular weight excluding hydrogens is 843 g/mol. The lowest BCUT2D eigenvalue weighted by Gasteiger charge is -2.30. The molecule has 1 fully saturated rings. The molecule has 19 heteroatoms. The number of hydrogen-bond acceptors (Lipinski definition) is 16. The van der Waals surface area contributed by atoms with Gasteiger partial charge in [0.2, 0.25) is 5.91 Å². The number of nitrogens with zero attached hydrogens (tertiary/aromatic N) is 6. The zero-order valence-electron chi connectivity index (χ0n) is 42.0. The van der Waals surface area contributed by atoms with E-state index in [2.05, 4.69) is 39.8 Å². The van der Waals surface area contributed by atoms with Gasteiger partial charge in [-0.2, -0.15) is 0 Å². The van der Waals surface area contributed by atoms with Gasteiger partial charge in [0.1, 0.15) is 31.1 Å². The minimum atomic E-state index is -0.260. The molecule has 0 aromatic carbocycles. The normalized spacial score (nSPS) is 15.4. The number of carbonyl (C=O) groups is 3. The Morgan fingerprint density at radius 1 is 0.708 bits per heavy atom. The Balaban J connectivity index is 0.000000501. The molecule has 2 aromatic heterocycles. The van der Waals surface area contributed by atoms with Gasteiger partial charge in [0.05, 0.1) is 116 Å². The van der Waals surface area contributed by atoms with Gasteiger partial charge in [-0.05, 0) is 74.7 Å². The van der Waals surface area contributed by atoms with Crippen molar-refractivity contribution in [1.82, 2.24) is 35.3 Å². The number of ketones is 2. The van der Waals surface area contributed by atoms with Gasteiger partial charge in [-0.1, -0.05) is 38.1 Å². The average Bonchev–Trinajstić information content (AvgIpc) is 3.84. The first-order chi connectivity index (χ1) is 30.7. The van der Waals surface area contributed by atoms with E-state index < -0.39 is 0 Å². The number of Topliss-reactive ketones (excluding diaryl/α,β-unsaturated/α-hetero) is 2. The smallest absolute Gasteiger partial charge is 0.242 e. The second-order valence-electron chi connectivity index (χ2n) is 18.4. The second kappa shape index (κ2) is 35.0. The molecule has 376 valence electrons. The number of ether oxygens (including phenoxy) is 9. The Hall–Kier alpha value is -3.27. The van der Waals surface area contributed by atoms with Crippen molar-refractivity contribution in [2.24, 2.45) is 11.8 Å². The van der Waals surface area contributed by atoms with Crippen molar-refractivity contribution in [2.75, 3.05) is 72.7 Å². The third-order valence-electron chi connectivity index (χ3n) is 8.54. The van der Waals surface area contributed by atoms with Gasteiger partial charge in [-0.3, -0.25) is 14.4 Å². The van der Waals surface area contributed by atoms with Gasteiger partial charge < -0.3 is 47.9 Å². The van der Waals surface area contributed by atoms with Crippen LogP contribution >= 0.6 is 0 Å². The highest BCUT2D eigenvalue weighted by Crippen LogP contribution is 2.19. The highest BCUT2D eigenvalue weighted by atomic mass is 16.6. The first-order valence-electron chi connectivity index (χ1n) is 23.2. The van der Waals surface area contributed by atoms with Crippen LogP contribution < -0.4 is 5.32 Å². The lowest BCUT2D eigenvalue weighted by Crippen LogP contribution is -2.42. The summed E-state index contributed by atoms with van der Waals surface area (Å²) in [6, 6.07) is 0. The van der Waals surface area contributed by atoms with E-state index in [4.69, 9.17) is 42.6 Å². The van der Waals surface area contributed by atoms with Gasteiger partial charge in [0, 0.05) is 30.9 Å². The van der Waals surface area contributed by atoms with Gasteiger partial charge in [0.15, 0.2) is 11.6 Å². The lowest BCUT2D eigenvalue weighted by atomic mass is 10.1. The van der Waals surface area contributed by atoms with Crippen LogP contribution in [0.4, 0.5) is 0 Å². The maximum absolute atomic E-state index is 11.8. The SMILES string of the molecule is CC(C)CC(=O)Cn1cc(COC[C@H]2C[C@@H](OC(C)C)CCO2)nn1.CC(C)OCCOCCOCC(=O)C(C)C.CC(C)OCCOCCOCc1cn(CC(=O)NC(C)(C)C)nn1. The van der Waals surface area contributed by atoms with Gasteiger partial charge in [0.25, 0.3) is 0 Å². The summed E-state index contributed by atoms with van der Waals surface area (Å²) in [6.45, 7) is 32.4. The fraction of sp³-hybridized carbons (Fsp3) is 0.848. The highest BCUT2D eigenvalue weighted by Gasteiger charge is 2.24. The molecule has 0 saturated carbocycles. The summed E-state index contributed by atoms with van der Waals surface area (Å²) in [5.41, 5.74) is 1.15. The number of aromatic nitrogens is 6. The first kappa shape index (κ1) is 59.7. The standard InChI is InChI=1S/C18H31N3O4.C16H30N4O4.C12H24O4/c1-13(2)7-16(22)10-21-9-15(19-20-21)11-23-12-18-8-17(5-6-24-18)25-14(3)4;1-13(2)24-9-8-22-6-7-23-12-14-10-20(19-18-14)11-15(21)17-16(3,4)5;1-10(2)12(13)9-15-6-5-14-7-8-16-11(3)4/h9,13-14,17-18H,5-8,10-12H2,1-4H3;10,13H,6-9,11-12H2,1-5H3,(H,17,21);10-11H,5-9H2,1-4H3/t17-,18+;;/m0../s1. The molecule has 0 spiro atoms. The predicted octanol–water partition coefficient (Wildman–Crippen LogP) is 5.20. The van der Waals surface area contributed by atoms with Crippen LogP contribution in [0.2, 0.25) is 0 Å². The Morgan fingerprint density at radius 2 is 1.23 bits per heavy atom. The molecule has 0 unspecified atom stereocenters. The van der Waals surface area contributed by atoms with Crippen molar-refractivity contribution in [2.45, 2.75) is 172 Å². The maximum atomic E-state index is 11.8. The van der Waals surface area contributed by atoms with Crippen molar-refractivity contribution >= 4 is 17.5 Å². The molecule has 1 saturated heterocycles. The Labute approximate surface area is 388 Å². The fourth-order valence-electron chi connectivity index (χ4n) is 5.68. The van der Waals surface area contributed by atoms with Crippen LogP contribution in [0.5, 0.6) is 0 Å². The molecule has 65 heavy (non-hydrogen) atoms. The molecule has 3 rings (SSSR count). The second-order valence-corrected chi connectivity index (χ2v) is 18.4. The number of hydrogen-bond donors (Lipinski definition) is 1. The van der Waals surface area contributed by atoms with Crippen LogP contribution in [-0.4, -0.2) is 156 Å². The highest BCUT2D eigenvalue weighted by molar-refractivity contribution is 5.81. The van der Waals surface area contributed by atoms with E-state index in [1.54, 1.807) is 17.1 Å². The Bertz CT molecular complexity index is 1530. The third kappa shape index (κ3) is 34.7. The zero-order chi connectivity index (χ0) is 48.6. The number of nitrogens with one attached hydrogen (secondary N) is 1. The molecule has 0 aliphatic carbocycles. The number of rotatable bonds is 31. The third-order valence-corrected chi connectivity index (χ3v) is 8.54. The predicted molar refractivity (Wildman–Crippen MR) is 245 cm³/mol. The van der Waals surface area contributed by atoms with E-state index in [0.29, 0.717) is 97.3 Å². The van der Waals surface area contributed by atoms with Crippen LogP contribution in [0.3, 0.4) is 0 Å². The van der Waals surface area contributed by atoms with E-state index in [0.717, 1.165) is 18.5 Å². The van der Waals surface area contributed by atoms with Gasteiger partial charge >= 0.3 is 0 Å². The maximum Gasteiger partial charge on any atom is 0.242 e. The van der Waals surface area contributed by atoms with Crippen molar-refractivity contribution < 1.29 is 57.0 Å². The molecule has 1 amide bonds. The van der Waals surface area contributed by atoms with Crippen molar-refractivity contribution in [3.8, 4) is 0 Å². The molecule has 1 aliphatic heterocycles. The summed E-state index contributed by atoms with van der Waals surface area (Å²) in [5.74, 6) is 0.595. The zero-order valence-corrected chi connectivity index (χ0v) is 42.0. The molecule has 3 heterocycles. The van der Waals surface area contributed by atoms with Crippen LogP contribution in [-0.2, 0) is 83.3 Å². The quantitative estimate of drug-likeness (QED) is 0.0964. The molecule has 2 aromatic rings. The van der Waals surface area contributed by atoms with Gasteiger partial charge in [-0.15, -0.1) is 10.2 Å². The first-order valence-corrected chi connectivity index (χ1v) is 23.2. The summed E-state index contributed by atoms with van der Waals surface area (Å²) >= 11 is 0. The number of carbonyl (C=O) groups excluding carboxylic acids is 3. The van der Waals surface area contributed by atoms with E-state index in [1.165, 1.54) is 4.68 Å². The van der Waals surface area contributed by atoms with E-state index in [1.807, 2.05) is 76.2 Å². The van der Waals surface area contributed by atoms with Crippen molar-refractivity contribution in [1.29, 1.82) is 0 Å². The monoisotopic (exact) mass is 928 g/mol. The van der Waals surface area contributed by atoms with Crippen molar-refractivity contribution in [3.05, 3.63) is 23.8 Å². The topological polar surface area (TPSA) is 208 Å². The molecule has 19 nitrogen and oxygen atoms in total.